The van der Waals surface area contributed by atoms with Crippen LogP contribution in [0.5, 0.6) is 11.6 Å². The molecule has 6 atom stereocenters. The number of aliphatic carboxylic acids is 1. The number of nitrogens with zero attached hydrogens (tertiary/aromatic N) is 2. The Labute approximate surface area is 441 Å². The highest BCUT2D eigenvalue weighted by Gasteiger charge is 2.62. The number of nitrogens with one attached hydrogen (secondary N) is 1. The summed E-state index contributed by atoms with van der Waals surface area (Å²) in [6.07, 6.45) is -7.65. The third-order valence-corrected chi connectivity index (χ3v) is 15.9. The molecule has 2 N–H and O–H groups in total. The predicted octanol–water partition coefficient (Wildman–Crippen LogP) is 7.21. The molecule has 3 saturated heterocycles. The second kappa shape index (κ2) is 24.4. The normalized spacial score (nSPS) is 23.4. The van der Waals surface area contributed by atoms with E-state index in [1.54, 1.807) is 24.3 Å². The summed E-state index contributed by atoms with van der Waals surface area (Å²) >= 11 is 0. The molecule has 7 rings (SSSR count). The highest BCUT2D eigenvalue weighted by Crippen LogP contribution is 2.58. The quantitative estimate of drug-likeness (QED) is 0.0925. The number of hydrogen-bond donors (Lipinski definition) is 2. The zero-order valence-corrected chi connectivity index (χ0v) is 44.5. The third kappa shape index (κ3) is 15.5. The second-order valence-electron chi connectivity index (χ2n) is 21.3. The zero-order chi connectivity index (χ0) is 56.9. The van der Waals surface area contributed by atoms with Crippen molar-refractivity contribution in [1.29, 1.82) is 0 Å². The lowest BCUT2D eigenvalue weighted by Crippen LogP contribution is -2.49. The number of carboxylic acid groups (broad SMARTS) is 1. The minimum Gasteiger partial charge on any atom is -0.497 e. The summed E-state index contributed by atoms with van der Waals surface area (Å²) in [4.78, 5) is 84.5. The first-order valence-electron chi connectivity index (χ1n) is 25.5. The summed E-state index contributed by atoms with van der Waals surface area (Å²) in [7, 11) is -2.90. The molecule has 0 radical (unpaired) electrons. The van der Waals surface area contributed by atoms with Gasteiger partial charge in [0.15, 0.2) is 5.78 Å². The van der Waals surface area contributed by atoms with E-state index in [9.17, 15) is 63.5 Å². The van der Waals surface area contributed by atoms with Gasteiger partial charge in [-0.2, -0.15) is 34.8 Å². The lowest BCUT2D eigenvalue weighted by Gasteiger charge is -2.35. The minimum absolute atomic E-state index is 0.0393. The number of hydrogen-bond acceptors (Lipinski definition) is 16. The van der Waals surface area contributed by atoms with E-state index in [1.807, 2.05) is 11.6 Å². The number of methoxy groups -OCH3 is 1. The van der Waals surface area contributed by atoms with Gasteiger partial charge in [-0.1, -0.05) is 13.3 Å². The van der Waals surface area contributed by atoms with Crippen LogP contribution in [0.2, 0.25) is 0 Å². The number of carboxylic acids is 1. The first-order chi connectivity index (χ1) is 35.9. The third-order valence-electron chi connectivity index (χ3n) is 15.0. The highest BCUT2D eigenvalue weighted by atomic mass is 32.2. The van der Waals surface area contributed by atoms with Crippen molar-refractivity contribution >= 4 is 56.6 Å². The summed E-state index contributed by atoms with van der Waals surface area (Å²) in [6, 6.07) is 5.85. The lowest BCUT2D eigenvalue weighted by atomic mass is 9.82. The number of esters is 2. The zero-order valence-electron chi connectivity index (χ0n) is 43.7. The Hall–Kier alpha value is -5.34. The molecule has 0 bridgehead atoms. The van der Waals surface area contributed by atoms with Gasteiger partial charge < -0.3 is 38.4 Å². The van der Waals surface area contributed by atoms with Gasteiger partial charge >= 0.3 is 40.6 Å². The SMILES string of the molecule is CC(C)(OC(=O)C[C@H](C(=O)O)C1CCOCC1)C(F)(F)F.CC[C@@H]1C[C@]1(CC(=O)[C@@H]1C[C@@H](Oc2nccc3cc(OC)ccc23)CN1C(=O)[C@@H](CC(=O)OC(C)(C)C(F)(F)F)C1CCOCC1)C(=O)NS(=O)(=O)OC1CC1. The van der Waals surface area contributed by atoms with Crippen LogP contribution < -0.4 is 14.2 Å². The summed E-state index contributed by atoms with van der Waals surface area (Å²) in [6.45, 7) is 5.87. The van der Waals surface area contributed by atoms with Gasteiger partial charge in [0.2, 0.25) is 28.9 Å². The van der Waals surface area contributed by atoms with Crippen molar-refractivity contribution in [2.75, 3.05) is 40.1 Å². The molecule has 0 spiro atoms. The molecular formula is C51H67F6N3O16S. The summed E-state index contributed by atoms with van der Waals surface area (Å²) in [5, 5.41) is 10.5. The molecule has 2 aliphatic carbocycles. The van der Waals surface area contributed by atoms with E-state index in [2.05, 4.69) is 9.72 Å². The van der Waals surface area contributed by atoms with Crippen molar-refractivity contribution in [3.63, 3.8) is 0 Å². The molecule has 0 unspecified atom stereocenters. The molecular weight excluding hydrogens is 1060 g/mol. The first-order valence-corrected chi connectivity index (χ1v) is 26.9. The number of amides is 2. The summed E-state index contributed by atoms with van der Waals surface area (Å²) in [5.41, 5.74) is -6.83. The highest BCUT2D eigenvalue weighted by molar-refractivity contribution is 7.85. The summed E-state index contributed by atoms with van der Waals surface area (Å²) < 4.78 is 143. The van der Waals surface area contributed by atoms with Gasteiger partial charge in [-0.25, -0.2) is 9.71 Å². The van der Waals surface area contributed by atoms with Gasteiger partial charge in [-0.15, -0.1) is 0 Å². The van der Waals surface area contributed by atoms with E-state index in [-0.39, 0.29) is 50.3 Å². The fraction of sp³-hybridized carbons (Fsp3) is 0.706. The number of Topliss-reactive ketones (excluding diaryl/α,β-unsaturated/α-hetero) is 1. The number of alkyl halides is 6. The van der Waals surface area contributed by atoms with Crippen molar-refractivity contribution in [1.82, 2.24) is 14.6 Å². The number of halogens is 6. The van der Waals surface area contributed by atoms with E-state index in [0.717, 1.165) is 33.1 Å². The maximum atomic E-state index is 14.7. The average molecular weight is 1120 g/mol. The monoisotopic (exact) mass is 1120 g/mol. The maximum absolute atomic E-state index is 14.7. The van der Waals surface area contributed by atoms with Crippen LogP contribution >= 0.6 is 0 Å². The van der Waals surface area contributed by atoms with Crippen LogP contribution in [0.3, 0.4) is 0 Å². The average Bonchev–Trinajstić information content (AvgIpc) is 4.29. The Kier molecular flexibility index (Phi) is 19.3. The van der Waals surface area contributed by atoms with Crippen LogP contribution in [0, 0.1) is 35.0 Å². The number of pyridine rings is 1. The Balaban J connectivity index is 0.000000384. The number of ketones is 1. The Morgan fingerprint density at radius 1 is 0.818 bits per heavy atom. The first kappa shape index (κ1) is 60.9. The number of carbonyl (C=O) groups excluding carboxylic acids is 5. The molecule has 2 saturated carbocycles. The number of ether oxygens (including phenoxy) is 6. The van der Waals surface area contributed by atoms with Gasteiger partial charge in [-0.05, 0) is 120 Å². The van der Waals surface area contributed by atoms with Crippen LogP contribution in [0.25, 0.3) is 10.8 Å². The molecule has 1 aromatic carbocycles. The largest absolute Gasteiger partial charge is 0.497 e. The van der Waals surface area contributed by atoms with E-state index < -0.39 is 130 Å². The molecule has 5 fully saturated rings. The smallest absolute Gasteiger partial charge is 0.427 e. The van der Waals surface area contributed by atoms with Crippen LogP contribution in [0.1, 0.15) is 112 Å². The fourth-order valence-corrected chi connectivity index (χ4v) is 11.0. The van der Waals surface area contributed by atoms with Crippen molar-refractivity contribution in [2.24, 2.45) is 35.0 Å². The van der Waals surface area contributed by atoms with E-state index in [1.165, 1.54) is 18.2 Å². The second-order valence-corrected chi connectivity index (χ2v) is 22.6. The van der Waals surface area contributed by atoms with Gasteiger partial charge in [0, 0.05) is 50.9 Å². The predicted molar refractivity (Wildman–Crippen MR) is 258 cm³/mol. The van der Waals surface area contributed by atoms with Gasteiger partial charge in [0.05, 0.1) is 55.9 Å². The van der Waals surface area contributed by atoms with Crippen LogP contribution in [-0.2, 0) is 62.2 Å². The Morgan fingerprint density at radius 3 is 1.86 bits per heavy atom. The lowest BCUT2D eigenvalue weighted by molar-refractivity contribution is -0.257. The van der Waals surface area contributed by atoms with E-state index in [0.29, 0.717) is 69.3 Å². The number of aromatic nitrogens is 1. The number of rotatable bonds is 21. The number of benzene rings is 1. The molecule has 2 aromatic rings. The number of likely N-dealkylation sites (tertiary alicyclic amines) is 1. The van der Waals surface area contributed by atoms with Crippen molar-refractivity contribution in [2.45, 2.75) is 153 Å². The molecule has 5 aliphatic rings. The van der Waals surface area contributed by atoms with Crippen molar-refractivity contribution in [3.05, 3.63) is 30.5 Å². The molecule has 4 heterocycles. The fourth-order valence-electron chi connectivity index (χ4n) is 9.93. The van der Waals surface area contributed by atoms with Gasteiger partial charge in [0.1, 0.15) is 11.9 Å². The van der Waals surface area contributed by atoms with Crippen LogP contribution in [0.15, 0.2) is 30.5 Å². The molecule has 1 aromatic heterocycles. The Bertz CT molecular complexity index is 2580. The van der Waals surface area contributed by atoms with Crippen molar-refractivity contribution < 1.29 is 101 Å². The number of carbonyl (C=O) groups is 6. The molecule has 3 aliphatic heterocycles. The maximum Gasteiger partial charge on any atom is 0.427 e. The molecule has 19 nitrogen and oxygen atoms in total. The minimum atomic E-state index is -4.87. The topological polar surface area (TPSA) is 250 Å². The van der Waals surface area contributed by atoms with Crippen LogP contribution in [-0.4, -0.2) is 141 Å². The van der Waals surface area contributed by atoms with Crippen molar-refractivity contribution in [3.8, 4) is 11.6 Å². The molecule has 430 valence electrons. The van der Waals surface area contributed by atoms with E-state index >= 15 is 0 Å². The summed E-state index contributed by atoms with van der Waals surface area (Å²) in [5.74, 6) is -8.13. The van der Waals surface area contributed by atoms with Gasteiger partial charge in [0.25, 0.3) is 0 Å². The number of fused-ring (bicyclic) bond motifs is 1. The molecule has 26 heteroatoms. The van der Waals surface area contributed by atoms with Gasteiger partial charge in [-0.3, -0.25) is 33.0 Å². The van der Waals surface area contributed by atoms with E-state index in [4.69, 9.17) is 33.0 Å². The molecule has 2 amide bonds. The molecule has 77 heavy (non-hydrogen) atoms. The van der Waals surface area contributed by atoms with Crippen LogP contribution in [0.4, 0.5) is 26.3 Å². The standard InChI is InChI=1S/C38H48F3N3O11S.C13H19F3O5/c1-5-24-19-37(24,35(48)43-56(49,50)55-25-6-7-25)20-31(45)30-17-27(53-33-28-9-8-26(51-4)16-23(28)10-13-42-33)21-44(30)34(47)29(22-11-14-52-15-12-22)18-32(46)54-36(2,3)38(39,40)41;1-12(2,13(14,15)16)21-10(17)7-9(11(18)19)8-3-5-20-6-4-8/h8-10,13,16,22,24-25,27,29-30H,5-7,11-12,14-15,17-21H2,1-4H3,(H,43,48);8-9H,3-7H2,1-2H3,(H,18,19)/t24-,27-,29+,30+,37-;9-/m10/s1. The Morgan fingerprint density at radius 2 is 1.36 bits per heavy atom.